The van der Waals surface area contributed by atoms with Gasteiger partial charge in [-0.25, -0.2) is 9.97 Å². The van der Waals surface area contributed by atoms with Crippen molar-refractivity contribution < 1.29 is 4.74 Å². The third-order valence-corrected chi connectivity index (χ3v) is 5.29. The normalized spacial score (nSPS) is 10.9. The van der Waals surface area contributed by atoms with Crippen molar-refractivity contribution in [1.82, 2.24) is 9.97 Å². The molecule has 0 fully saturated rings. The molecule has 3 aromatic rings. The van der Waals surface area contributed by atoms with Gasteiger partial charge in [-0.2, -0.15) is 0 Å². The molecule has 0 atom stereocenters. The summed E-state index contributed by atoms with van der Waals surface area (Å²) in [6, 6.07) is 6.19. The molecule has 0 spiro atoms. The van der Waals surface area contributed by atoms with Gasteiger partial charge in [0.25, 0.3) is 0 Å². The van der Waals surface area contributed by atoms with E-state index in [2.05, 4.69) is 35.5 Å². The number of para-hydroxylation sites is 1. The van der Waals surface area contributed by atoms with Gasteiger partial charge in [-0.15, -0.1) is 11.3 Å². The third kappa shape index (κ3) is 2.84. The smallest absolute Gasteiger partial charge is 0.180 e. The lowest BCUT2D eigenvalue weighted by molar-refractivity contribution is 0.407. The van der Waals surface area contributed by atoms with Gasteiger partial charge in [0, 0.05) is 17.4 Å². The van der Waals surface area contributed by atoms with Crippen molar-refractivity contribution in [3.8, 4) is 16.3 Å². The van der Waals surface area contributed by atoms with Crippen LogP contribution in [0.5, 0.6) is 5.75 Å². The Bertz CT molecular complexity index is 808. The molecule has 3 rings (SSSR count). The Hall–Kier alpha value is -1.92. The van der Waals surface area contributed by atoms with Crippen LogP contribution in [0.2, 0.25) is 0 Å². The quantitative estimate of drug-likeness (QED) is 0.783. The Labute approximate surface area is 137 Å². The number of methoxy groups -OCH3 is 1. The van der Waals surface area contributed by atoms with Crippen LogP contribution in [0.4, 0.5) is 5.13 Å². The van der Waals surface area contributed by atoms with Gasteiger partial charge in [0.15, 0.2) is 5.13 Å². The summed E-state index contributed by atoms with van der Waals surface area (Å²) in [5, 5.41) is 3.71. The Kier molecular flexibility index (Phi) is 4.13. The maximum atomic E-state index is 5.77. The molecule has 2 heterocycles. The lowest BCUT2D eigenvalue weighted by Crippen LogP contribution is -1.95. The van der Waals surface area contributed by atoms with Gasteiger partial charge in [0.2, 0.25) is 0 Å². The molecule has 6 heteroatoms. The van der Waals surface area contributed by atoms with E-state index in [1.807, 2.05) is 6.92 Å². The van der Waals surface area contributed by atoms with Gasteiger partial charge in [0.05, 0.1) is 28.4 Å². The second kappa shape index (κ2) is 6.06. The molecule has 2 N–H and O–H groups in total. The second-order valence-corrected chi connectivity index (χ2v) is 7.01. The fraction of sp³-hybridized carbons (Fsp3) is 0.250. The number of thiazole rings is 2. The highest BCUT2D eigenvalue weighted by Gasteiger charge is 2.13. The van der Waals surface area contributed by atoms with E-state index < -0.39 is 0 Å². The van der Waals surface area contributed by atoms with Crippen LogP contribution >= 0.6 is 22.7 Å². The number of ether oxygens (including phenoxy) is 1. The minimum atomic E-state index is 0.586. The number of hydrogen-bond acceptors (Lipinski definition) is 6. The van der Waals surface area contributed by atoms with E-state index in [1.165, 1.54) is 11.3 Å². The van der Waals surface area contributed by atoms with Crippen molar-refractivity contribution in [2.24, 2.45) is 0 Å². The van der Waals surface area contributed by atoms with E-state index in [9.17, 15) is 0 Å². The standard InChI is InChI=1S/C16H17N3OS2/c1-9-5-4-6-11(14(9)20-3)7-13-19-12(8-21-13)15-10(2)18-16(17)22-15/h4-6,8H,7H2,1-3H3,(H2,17,18). The van der Waals surface area contributed by atoms with Gasteiger partial charge >= 0.3 is 0 Å². The minimum Gasteiger partial charge on any atom is -0.496 e. The summed E-state index contributed by atoms with van der Waals surface area (Å²) >= 11 is 3.14. The summed E-state index contributed by atoms with van der Waals surface area (Å²) in [6.07, 6.45) is 0.767. The number of benzene rings is 1. The summed E-state index contributed by atoms with van der Waals surface area (Å²) in [6.45, 7) is 4.02. The van der Waals surface area contributed by atoms with Gasteiger partial charge < -0.3 is 10.5 Å². The maximum absolute atomic E-state index is 5.77. The van der Waals surface area contributed by atoms with Crippen LogP contribution in [-0.2, 0) is 6.42 Å². The van der Waals surface area contributed by atoms with E-state index in [0.717, 1.165) is 44.6 Å². The first-order valence-electron chi connectivity index (χ1n) is 6.88. The molecule has 0 unspecified atom stereocenters. The highest BCUT2D eigenvalue weighted by molar-refractivity contribution is 7.19. The predicted molar refractivity (Wildman–Crippen MR) is 92.9 cm³/mol. The average molecular weight is 331 g/mol. The van der Waals surface area contributed by atoms with Gasteiger partial charge in [-0.05, 0) is 19.4 Å². The van der Waals surface area contributed by atoms with Crippen LogP contribution in [0.15, 0.2) is 23.6 Å². The highest BCUT2D eigenvalue weighted by atomic mass is 32.1. The summed E-state index contributed by atoms with van der Waals surface area (Å²) in [5.74, 6) is 0.942. The van der Waals surface area contributed by atoms with Crippen LogP contribution < -0.4 is 10.5 Å². The average Bonchev–Trinajstić information content (AvgIpc) is 3.05. The number of nitrogens with zero attached hydrogens (tertiary/aromatic N) is 2. The first-order valence-corrected chi connectivity index (χ1v) is 8.58. The molecule has 1 aromatic carbocycles. The zero-order chi connectivity index (χ0) is 15.7. The monoisotopic (exact) mass is 331 g/mol. The predicted octanol–water partition coefficient (Wildman–Crippen LogP) is 4.07. The summed E-state index contributed by atoms with van der Waals surface area (Å²) < 4.78 is 5.51. The summed E-state index contributed by atoms with van der Waals surface area (Å²) in [4.78, 5) is 10.0. The molecular formula is C16H17N3OS2. The van der Waals surface area contributed by atoms with Crippen molar-refractivity contribution in [3.05, 3.63) is 45.4 Å². The number of anilines is 1. The molecular weight excluding hydrogens is 314 g/mol. The number of aromatic nitrogens is 2. The van der Waals surface area contributed by atoms with E-state index in [-0.39, 0.29) is 0 Å². The number of nitrogens with two attached hydrogens (primary N) is 1. The molecule has 0 aliphatic carbocycles. The molecule has 0 saturated carbocycles. The molecule has 114 valence electrons. The van der Waals surface area contributed by atoms with E-state index >= 15 is 0 Å². The highest BCUT2D eigenvalue weighted by Crippen LogP contribution is 2.33. The number of hydrogen-bond donors (Lipinski definition) is 1. The van der Waals surface area contributed by atoms with Gasteiger partial charge in [0.1, 0.15) is 5.75 Å². The largest absolute Gasteiger partial charge is 0.496 e. The Morgan fingerprint density at radius 2 is 2.05 bits per heavy atom. The zero-order valence-corrected chi connectivity index (χ0v) is 14.3. The lowest BCUT2D eigenvalue weighted by Gasteiger charge is -2.09. The van der Waals surface area contributed by atoms with Crippen LogP contribution in [-0.4, -0.2) is 17.1 Å². The molecule has 2 aromatic heterocycles. The topological polar surface area (TPSA) is 61.0 Å². The fourth-order valence-electron chi connectivity index (χ4n) is 2.46. The van der Waals surface area contributed by atoms with Gasteiger partial charge in [-0.1, -0.05) is 29.5 Å². The van der Waals surface area contributed by atoms with E-state index in [0.29, 0.717) is 5.13 Å². The van der Waals surface area contributed by atoms with Crippen LogP contribution in [0.3, 0.4) is 0 Å². The van der Waals surface area contributed by atoms with Crippen molar-refractivity contribution in [2.45, 2.75) is 20.3 Å². The van der Waals surface area contributed by atoms with Crippen LogP contribution in [0, 0.1) is 13.8 Å². The molecule has 4 nitrogen and oxygen atoms in total. The molecule has 0 amide bonds. The van der Waals surface area contributed by atoms with E-state index in [1.54, 1.807) is 18.4 Å². The Morgan fingerprint density at radius 3 is 2.73 bits per heavy atom. The number of aryl methyl sites for hydroxylation is 2. The molecule has 0 aliphatic rings. The third-order valence-electron chi connectivity index (χ3n) is 3.44. The minimum absolute atomic E-state index is 0.586. The second-order valence-electron chi connectivity index (χ2n) is 5.04. The number of rotatable bonds is 4. The van der Waals surface area contributed by atoms with E-state index in [4.69, 9.17) is 15.5 Å². The number of nitrogen functional groups attached to an aromatic ring is 1. The molecule has 0 aliphatic heterocycles. The molecule has 0 bridgehead atoms. The lowest BCUT2D eigenvalue weighted by atomic mass is 10.1. The molecule has 0 radical (unpaired) electrons. The molecule has 22 heavy (non-hydrogen) atoms. The first-order chi connectivity index (χ1) is 10.6. The SMILES string of the molecule is COc1c(C)cccc1Cc1nc(-c2sc(N)nc2C)cs1. The van der Waals surface area contributed by atoms with Crippen LogP contribution in [0.25, 0.3) is 10.6 Å². The molecule has 0 saturated heterocycles. The van der Waals surface area contributed by atoms with Crippen molar-refractivity contribution in [2.75, 3.05) is 12.8 Å². The summed E-state index contributed by atoms with van der Waals surface area (Å²) in [7, 11) is 1.71. The maximum Gasteiger partial charge on any atom is 0.180 e. The first kappa shape index (κ1) is 15.0. The van der Waals surface area contributed by atoms with Crippen molar-refractivity contribution in [3.63, 3.8) is 0 Å². The van der Waals surface area contributed by atoms with Crippen molar-refractivity contribution in [1.29, 1.82) is 0 Å². The van der Waals surface area contributed by atoms with Gasteiger partial charge in [-0.3, -0.25) is 0 Å². The Morgan fingerprint density at radius 1 is 1.23 bits per heavy atom. The van der Waals surface area contributed by atoms with Crippen LogP contribution in [0.1, 0.15) is 21.8 Å². The Balaban J connectivity index is 1.89. The summed E-state index contributed by atoms with van der Waals surface area (Å²) in [5.41, 5.74) is 9.96. The fourth-order valence-corrected chi connectivity index (χ4v) is 4.14. The zero-order valence-electron chi connectivity index (χ0n) is 12.7. The van der Waals surface area contributed by atoms with Crippen molar-refractivity contribution >= 4 is 27.8 Å².